The van der Waals surface area contributed by atoms with E-state index in [-0.39, 0.29) is 29.8 Å². The molecule has 9 nitrogen and oxygen atoms in total. The minimum absolute atomic E-state index is 0.00703. The summed E-state index contributed by atoms with van der Waals surface area (Å²) in [5.41, 5.74) is 7.83. The Bertz CT molecular complexity index is 591. The van der Waals surface area contributed by atoms with Gasteiger partial charge in [-0.15, -0.1) is 0 Å². The lowest BCUT2D eigenvalue weighted by Crippen LogP contribution is -2.20. The van der Waals surface area contributed by atoms with Crippen LogP contribution in [0.3, 0.4) is 0 Å². The molecule has 0 fully saturated rings. The molecule has 0 aliphatic carbocycles. The summed E-state index contributed by atoms with van der Waals surface area (Å²) in [6.45, 7) is -0.0103. The van der Waals surface area contributed by atoms with E-state index in [0.29, 0.717) is 0 Å². The maximum Gasteiger partial charge on any atom is 0.270 e. The first kappa shape index (κ1) is 15.4. The highest BCUT2D eigenvalue weighted by atomic mass is 16.6. The summed E-state index contributed by atoms with van der Waals surface area (Å²) in [5.74, 6) is 0. The molecule has 0 radical (unpaired) electrons. The second kappa shape index (κ2) is 7.06. The summed E-state index contributed by atoms with van der Waals surface area (Å²) in [4.78, 5) is 12.4. The Hall–Kier alpha value is -2.66. The van der Waals surface area contributed by atoms with Gasteiger partial charge in [0, 0.05) is 29.2 Å². The Morgan fingerprint density at radius 1 is 1.55 bits per heavy atom. The number of rotatable bonds is 6. The number of nitro benzene ring substituents is 1. The number of aliphatic hydroxyl groups excluding tert-OH is 2. The van der Waals surface area contributed by atoms with Crippen LogP contribution in [0.1, 0.15) is 23.7 Å². The summed E-state index contributed by atoms with van der Waals surface area (Å²) >= 11 is 0. The Kier molecular flexibility index (Phi) is 5.43. The number of aliphatic hydroxyl groups is 2. The third kappa shape index (κ3) is 3.66. The van der Waals surface area contributed by atoms with E-state index in [1.807, 2.05) is 0 Å². The third-order valence-electron chi connectivity index (χ3n) is 2.64. The fourth-order valence-electron chi connectivity index (χ4n) is 1.61. The van der Waals surface area contributed by atoms with E-state index >= 15 is 0 Å². The molecule has 0 aromatic heterocycles. The highest BCUT2D eigenvalue weighted by Gasteiger charge is 2.22. The molecule has 9 heteroatoms. The normalized spacial score (nSPS) is 12.8. The lowest BCUT2D eigenvalue weighted by molar-refractivity contribution is -0.384. The first-order valence-electron chi connectivity index (χ1n) is 5.56. The smallest absolute Gasteiger partial charge is 0.270 e. The Balaban J connectivity index is 2.97. The van der Waals surface area contributed by atoms with Gasteiger partial charge in [-0.2, -0.15) is 5.26 Å². The van der Waals surface area contributed by atoms with Gasteiger partial charge in [-0.3, -0.25) is 10.1 Å². The van der Waals surface area contributed by atoms with Gasteiger partial charge in [-0.05, 0) is 18.0 Å². The number of nitro groups is 1. The van der Waals surface area contributed by atoms with Crippen LogP contribution in [-0.2, 0) is 0 Å². The van der Waals surface area contributed by atoms with Crippen LogP contribution in [0.2, 0.25) is 0 Å². The van der Waals surface area contributed by atoms with Crippen LogP contribution in [0.15, 0.2) is 23.3 Å². The standard InChI is InChI=1S/C11H11N5O4/c12-6-7-5-8(16(19)20)1-2-9(7)11(18)10(17)3-4-14-15-13/h1-2,5,10-11,17-18H,3-4H2. The third-order valence-corrected chi connectivity index (χ3v) is 2.64. The van der Waals surface area contributed by atoms with Crippen molar-refractivity contribution in [3.63, 3.8) is 0 Å². The van der Waals surface area contributed by atoms with Crippen molar-refractivity contribution in [2.45, 2.75) is 18.6 Å². The first-order chi connectivity index (χ1) is 9.51. The molecule has 0 amide bonds. The number of azide groups is 1. The van der Waals surface area contributed by atoms with E-state index in [1.165, 1.54) is 6.07 Å². The van der Waals surface area contributed by atoms with Crippen LogP contribution in [0.25, 0.3) is 10.4 Å². The molecule has 0 aliphatic heterocycles. The average molecular weight is 277 g/mol. The monoisotopic (exact) mass is 277 g/mol. The van der Waals surface area contributed by atoms with E-state index < -0.39 is 17.1 Å². The van der Waals surface area contributed by atoms with Gasteiger partial charge in [0.1, 0.15) is 6.10 Å². The molecule has 1 aromatic rings. The summed E-state index contributed by atoms with van der Waals surface area (Å²) < 4.78 is 0. The SMILES string of the molecule is N#Cc1cc([N+](=O)[O-])ccc1C(O)C(O)CCN=[N+]=[N-]. The second-order valence-corrected chi connectivity index (χ2v) is 3.90. The highest BCUT2D eigenvalue weighted by Crippen LogP contribution is 2.26. The largest absolute Gasteiger partial charge is 0.390 e. The highest BCUT2D eigenvalue weighted by molar-refractivity contribution is 5.47. The predicted octanol–water partition coefficient (Wildman–Crippen LogP) is 1.56. The van der Waals surface area contributed by atoms with Crippen molar-refractivity contribution >= 4 is 5.69 Å². The van der Waals surface area contributed by atoms with Crippen molar-refractivity contribution in [3.05, 3.63) is 49.9 Å². The van der Waals surface area contributed by atoms with Crippen molar-refractivity contribution < 1.29 is 15.1 Å². The van der Waals surface area contributed by atoms with E-state index in [1.54, 1.807) is 6.07 Å². The number of nitrogens with zero attached hydrogens (tertiary/aromatic N) is 5. The molecule has 2 unspecified atom stereocenters. The lowest BCUT2D eigenvalue weighted by Gasteiger charge is -2.18. The molecular formula is C11H11N5O4. The van der Waals surface area contributed by atoms with Crippen molar-refractivity contribution in [1.82, 2.24) is 0 Å². The zero-order chi connectivity index (χ0) is 15.1. The predicted molar refractivity (Wildman–Crippen MR) is 67.4 cm³/mol. The van der Waals surface area contributed by atoms with Crippen LogP contribution in [0.5, 0.6) is 0 Å². The van der Waals surface area contributed by atoms with E-state index in [2.05, 4.69) is 10.0 Å². The van der Waals surface area contributed by atoms with Crippen molar-refractivity contribution in [1.29, 1.82) is 5.26 Å². The van der Waals surface area contributed by atoms with Crippen LogP contribution in [0, 0.1) is 21.4 Å². The molecule has 0 aliphatic rings. The van der Waals surface area contributed by atoms with Gasteiger partial charge < -0.3 is 10.2 Å². The van der Waals surface area contributed by atoms with Gasteiger partial charge in [-0.1, -0.05) is 5.11 Å². The molecule has 0 heterocycles. The molecule has 2 atom stereocenters. The molecule has 0 spiro atoms. The van der Waals surface area contributed by atoms with Crippen molar-refractivity contribution in [2.24, 2.45) is 5.11 Å². The van der Waals surface area contributed by atoms with Crippen molar-refractivity contribution in [2.75, 3.05) is 6.54 Å². The fourth-order valence-corrected chi connectivity index (χ4v) is 1.61. The molecule has 0 saturated heterocycles. The summed E-state index contributed by atoms with van der Waals surface area (Å²) in [6, 6.07) is 5.12. The number of hydrogen-bond donors (Lipinski definition) is 2. The Morgan fingerprint density at radius 2 is 2.25 bits per heavy atom. The number of benzene rings is 1. The van der Waals surface area contributed by atoms with E-state index in [0.717, 1.165) is 12.1 Å². The van der Waals surface area contributed by atoms with E-state index in [9.17, 15) is 20.3 Å². The van der Waals surface area contributed by atoms with Gasteiger partial charge >= 0.3 is 0 Å². The first-order valence-corrected chi connectivity index (χ1v) is 5.56. The molecule has 1 rings (SSSR count). The zero-order valence-electron chi connectivity index (χ0n) is 10.2. The van der Waals surface area contributed by atoms with Crippen LogP contribution in [-0.4, -0.2) is 27.8 Å². The molecule has 1 aromatic carbocycles. The zero-order valence-corrected chi connectivity index (χ0v) is 10.2. The Morgan fingerprint density at radius 3 is 2.80 bits per heavy atom. The molecule has 104 valence electrons. The van der Waals surface area contributed by atoms with Gasteiger partial charge in [0.15, 0.2) is 0 Å². The number of hydrogen-bond acceptors (Lipinski definition) is 6. The molecule has 0 bridgehead atoms. The molecular weight excluding hydrogens is 266 g/mol. The number of non-ortho nitro benzene ring substituents is 1. The summed E-state index contributed by atoms with van der Waals surface area (Å²) in [6.07, 6.45) is -2.62. The Labute approximate surface area is 113 Å². The molecule has 2 N–H and O–H groups in total. The van der Waals surface area contributed by atoms with Gasteiger partial charge in [0.25, 0.3) is 5.69 Å². The van der Waals surface area contributed by atoms with Gasteiger partial charge in [0.05, 0.1) is 22.7 Å². The second-order valence-electron chi connectivity index (χ2n) is 3.90. The quantitative estimate of drug-likeness (QED) is 0.265. The average Bonchev–Trinajstić information content (AvgIpc) is 2.45. The minimum Gasteiger partial charge on any atom is -0.390 e. The van der Waals surface area contributed by atoms with Crippen LogP contribution >= 0.6 is 0 Å². The molecule has 20 heavy (non-hydrogen) atoms. The number of nitriles is 1. The van der Waals surface area contributed by atoms with Crippen LogP contribution < -0.4 is 0 Å². The minimum atomic E-state index is -1.39. The summed E-state index contributed by atoms with van der Waals surface area (Å²) in [7, 11) is 0. The maximum atomic E-state index is 10.6. The fraction of sp³-hybridized carbons (Fsp3) is 0.364. The van der Waals surface area contributed by atoms with Crippen molar-refractivity contribution in [3.8, 4) is 6.07 Å². The maximum absolute atomic E-state index is 10.6. The lowest BCUT2D eigenvalue weighted by atomic mass is 9.97. The van der Waals surface area contributed by atoms with Crippen LogP contribution in [0.4, 0.5) is 5.69 Å². The van der Waals surface area contributed by atoms with Gasteiger partial charge in [0.2, 0.25) is 0 Å². The topological polar surface area (TPSA) is 156 Å². The van der Waals surface area contributed by atoms with E-state index in [4.69, 9.17) is 10.8 Å². The molecule has 0 saturated carbocycles. The van der Waals surface area contributed by atoms with Gasteiger partial charge in [-0.25, -0.2) is 0 Å². The summed E-state index contributed by atoms with van der Waals surface area (Å²) in [5, 5.41) is 42.4.